The minimum atomic E-state index is -0.815. The van der Waals surface area contributed by atoms with E-state index in [0.29, 0.717) is 5.92 Å². The molecule has 0 atom stereocenters. The lowest BCUT2D eigenvalue weighted by Gasteiger charge is -2.31. The summed E-state index contributed by atoms with van der Waals surface area (Å²) >= 11 is 0. The van der Waals surface area contributed by atoms with E-state index in [1.54, 1.807) is 6.07 Å². The molecular weight excluding hydrogens is 372 g/mol. The largest absolute Gasteiger partial charge is 0.462 e. The normalized spacial score (nSPS) is 27.5. The zero-order valence-corrected chi connectivity index (χ0v) is 16.8. The maximum Gasteiger partial charge on any atom is 0.309 e. The van der Waals surface area contributed by atoms with E-state index < -0.39 is 11.6 Å². The van der Waals surface area contributed by atoms with Gasteiger partial charge in [-0.25, -0.2) is 8.78 Å². The predicted octanol–water partition coefficient (Wildman–Crippen LogP) is 6.20. The third-order valence-electron chi connectivity index (χ3n) is 6.49. The Morgan fingerprint density at radius 3 is 2.45 bits per heavy atom. The lowest BCUT2D eigenvalue weighted by atomic mass is 9.79. The third kappa shape index (κ3) is 6.13. The second-order valence-corrected chi connectivity index (χ2v) is 8.41. The molecular formula is C24H29F2NO2. The Kier molecular flexibility index (Phi) is 7.80. The molecule has 0 aliphatic heterocycles. The smallest absolute Gasteiger partial charge is 0.309 e. The minimum absolute atomic E-state index is 0.00446. The molecule has 0 N–H and O–H groups in total. The standard InChI is InChI=1S/C24H29F2NO2/c25-22-14-11-20(16-23(22)26)18-9-12-21(13-10-18)29-24(28)19-7-5-17(6-8-19)4-2-1-3-15-27/h1,3,11,14,16-19,21H,2,4-10,12-13H2/b3-1+. The summed E-state index contributed by atoms with van der Waals surface area (Å²) in [5, 5.41) is 8.51. The predicted molar refractivity (Wildman–Crippen MR) is 107 cm³/mol. The Morgan fingerprint density at radius 1 is 1.07 bits per heavy atom. The average molecular weight is 401 g/mol. The number of allylic oxidation sites excluding steroid dienone is 2. The van der Waals surface area contributed by atoms with E-state index in [4.69, 9.17) is 10.00 Å². The number of esters is 1. The SMILES string of the molecule is N#C/C=C/CCC1CCC(C(=O)OC2CCC(c3ccc(F)c(F)c3)CC2)CC1. The summed E-state index contributed by atoms with van der Waals surface area (Å²) in [6.07, 6.45) is 12.4. The Hall–Kier alpha value is -2.22. The van der Waals surface area contributed by atoms with Gasteiger partial charge >= 0.3 is 5.97 Å². The lowest BCUT2D eigenvalue weighted by molar-refractivity contribution is -0.157. The van der Waals surface area contributed by atoms with Gasteiger partial charge in [0.25, 0.3) is 0 Å². The van der Waals surface area contributed by atoms with E-state index in [1.807, 2.05) is 12.1 Å². The number of benzene rings is 1. The summed E-state index contributed by atoms with van der Waals surface area (Å²) < 4.78 is 32.4. The first-order chi connectivity index (χ1) is 14.1. The van der Waals surface area contributed by atoms with Crippen molar-refractivity contribution in [1.29, 1.82) is 5.26 Å². The fraction of sp³-hybridized carbons (Fsp3) is 0.583. The molecule has 5 heteroatoms. The molecule has 3 nitrogen and oxygen atoms in total. The van der Waals surface area contributed by atoms with Crippen molar-refractivity contribution in [1.82, 2.24) is 0 Å². The second-order valence-electron chi connectivity index (χ2n) is 8.41. The van der Waals surface area contributed by atoms with Crippen LogP contribution in [0.1, 0.15) is 75.7 Å². The molecule has 156 valence electrons. The highest BCUT2D eigenvalue weighted by Crippen LogP contribution is 2.36. The van der Waals surface area contributed by atoms with Gasteiger partial charge in [0.15, 0.2) is 11.6 Å². The molecule has 1 aromatic carbocycles. The molecule has 0 bridgehead atoms. The van der Waals surface area contributed by atoms with Gasteiger partial charge in [-0.15, -0.1) is 0 Å². The van der Waals surface area contributed by atoms with Crippen LogP contribution < -0.4 is 0 Å². The zero-order chi connectivity index (χ0) is 20.6. The fourth-order valence-corrected chi connectivity index (χ4v) is 4.70. The Bertz CT molecular complexity index is 755. The van der Waals surface area contributed by atoms with E-state index in [2.05, 4.69) is 0 Å². The Labute approximate surface area is 171 Å². The van der Waals surface area contributed by atoms with Crippen molar-refractivity contribution in [3.63, 3.8) is 0 Å². The molecule has 3 rings (SSSR count). The molecule has 1 aromatic rings. The van der Waals surface area contributed by atoms with E-state index in [9.17, 15) is 13.6 Å². The van der Waals surface area contributed by atoms with Crippen LogP contribution in [0, 0.1) is 34.8 Å². The first-order valence-electron chi connectivity index (χ1n) is 10.8. The highest BCUT2D eigenvalue weighted by atomic mass is 19.2. The van der Waals surface area contributed by atoms with Crippen LogP contribution in [0.5, 0.6) is 0 Å². The number of hydrogen-bond donors (Lipinski definition) is 0. The first kappa shape index (κ1) is 21.5. The van der Waals surface area contributed by atoms with Gasteiger partial charge in [-0.1, -0.05) is 12.1 Å². The Morgan fingerprint density at radius 2 is 1.79 bits per heavy atom. The van der Waals surface area contributed by atoms with Crippen LogP contribution in [0.2, 0.25) is 0 Å². The molecule has 0 amide bonds. The van der Waals surface area contributed by atoms with E-state index >= 15 is 0 Å². The van der Waals surface area contributed by atoms with Crippen molar-refractivity contribution in [3.8, 4) is 6.07 Å². The maximum absolute atomic E-state index is 13.5. The maximum atomic E-state index is 13.5. The van der Waals surface area contributed by atoms with Crippen molar-refractivity contribution >= 4 is 5.97 Å². The Balaban J connectivity index is 1.38. The average Bonchev–Trinajstić information content (AvgIpc) is 2.74. The molecule has 29 heavy (non-hydrogen) atoms. The number of hydrogen-bond acceptors (Lipinski definition) is 3. The number of nitrogens with zero attached hydrogens (tertiary/aromatic N) is 1. The summed E-state index contributed by atoms with van der Waals surface area (Å²) in [5.41, 5.74) is 0.830. The van der Waals surface area contributed by atoms with Gasteiger partial charge in [-0.05, 0) is 93.7 Å². The molecule has 0 heterocycles. The molecule has 2 aliphatic rings. The van der Waals surface area contributed by atoms with Crippen LogP contribution in [0.4, 0.5) is 8.78 Å². The molecule has 0 saturated heterocycles. The fourth-order valence-electron chi connectivity index (χ4n) is 4.70. The second kappa shape index (κ2) is 10.5. The van der Waals surface area contributed by atoms with Crippen molar-refractivity contribution in [2.75, 3.05) is 0 Å². The van der Waals surface area contributed by atoms with Gasteiger partial charge in [0, 0.05) is 6.08 Å². The monoisotopic (exact) mass is 401 g/mol. The summed E-state index contributed by atoms with van der Waals surface area (Å²) in [7, 11) is 0. The highest BCUT2D eigenvalue weighted by molar-refractivity contribution is 5.72. The number of ether oxygens (including phenoxy) is 1. The van der Waals surface area contributed by atoms with Gasteiger partial charge in [-0.3, -0.25) is 4.79 Å². The number of halogens is 2. The molecule has 2 aliphatic carbocycles. The highest BCUT2D eigenvalue weighted by Gasteiger charge is 2.31. The van der Waals surface area contributed by atoms with Crippen LogP contribution in [0.25, 0.3) is 0 Å². The van der Waals surface area contributed by atoms with Gasteiger partial charge in [-0.2, -0.15) is 5.26 Å². The van der Waals surface area contributed by atoms with Gasteiger partial charge in [0.1, 0.15) is 6.10 Å². The molecule has 0 unspecified atom stereocenters. The van der Waals surface area contributed by atoms with E-state index in [0.717, 1.165) is 69.8 Å². The number of carbonyl (C=O) groups is 1. The van der Waals surface area contributed by atoms with Crippen LogP contribution >= 0.6 is 0 Å². The molecule has 2 fully saturated rings. The summed E-state index contributed by atoms with van der Waals surface area (Å²) in [5.74, 6) is -0.842. The van der Waals surface area contributed by atoms with E-state index in [-0.39, 0.29) is 23.9 Å². The topological polar surface area (TPSA) is 50.1 Å². The zero-order valence-electron chi connectivity index (χ0n) is 16.8. The summed E-state index contributed by atoms with van der Waals surface area (Å²) in [4.78, 5) is 12.5. The van der Waals surface area contributed by atoms with Crippen molar-refractivity contribution in [2.45, 2.75) is 76.2 Å². The van der Waals surface area contributed by atoms with Gasteiger partial charge < -0.3 is 4.74 Å². The van der Waals surface area contributed by atoms with Crippen molar-refractivity contribution < 1.29 is 18.3 Å². The van der Waals surface area contributed by atoms with E-state index in [1.165, 1.54) is 18.2 Å². The van der Waals surface area contributed by atoms with Crippen LogP contribution in [-0.2, 0) is 9.53 Å². The first-order valence-corrected chi connectivity index (χ1v) is 10.8. The third-order valence-corrected chi connectivity index (χ3v) is 6.49. The minimum Gasteiger partial charge on any atom is -0.462 e. The number of rotatable bonds is 6. The van der Waals surface area contributed by atoms with Crippen molar-refractivity contribution in [2.24, 2.45) is 11.8 Å². The quantitative estimate of drug-likeness (QED) is 0.421. The van der Waals surface area contributed by atoms with Crippen LogP contribution in [0.3, 0.4) is 0 Å². The summed E-state index contributed by atoms with van der Waals surface area (Å²) in [6.45, 7) is 0. The molecule has 0 aromatic heterocycles. The lowest BCUT2D eigenvalue weighted by Crippen LogP contribution is -2.29. The number of nitriles is 1. The van der Waals surface area contributed by atoms with Crippen LogP contribution in [-0.4, -0.2) is 12.1 Å². The van der Waals surface area contributed by atoms with Crippen molar-refractivity contribution in [3.05, 3.63) is 47.5 Å². The van der Waals surface area contributed by atoms with Gasteiger partial charge in [0.05, 0.1) is 12.0 Å². The van der Waals surface area contributed by atoms with Crippen LogP contribution in [0.15, 0.2) is 30.4 Å². The summed E-state index contributed by atoms with van der Waals surface area (Å²) in [6, 6.07) is 6.15. The molecule has 2 saturated carbocycles. The molecule has 0 spiro atoms. The van der Waals surface area contributed by atoms with Gasteiger partial charge in [0.2, 0.25) is 0 Å². The molecule has 0 radical (unpaired) electrons. The number of carbonyl (C=O) groups excluding carboxylic acids is 1.